The summed E-state index contributed by atoms with van der Waals surface area (Å²) in [6.45, 7) is 7.54. The van der Waals surface area contributed by atoms with Crippen molar-refractivity contribution in [3.8, 4) is 0 Å². The number of aryl methyl sites for hydroxylation is 3. The van der Waals surface area contributed by atoms with Gasteiger partial charge in [0.2, 0.25) is 0 Å². The third-order valence-corrected chi connectivity index (χ3v) is 4.03. The van der Waals surface area contributed by atoms with Gasteiger partial charge in [-0.3, -0.25) is 4.79 Å². The summed E-state index contributed by atoms with van der Waals surface area (Å²) in [4.78, 5) is 24.3. The van der Waals surface area contributed by atoms with Crippen LogP contribution < -0.4 is 5.32 Å². The van der Waals surface area contributed by atoms with Crippen LogP contribution in [-0.2, 0) is 16.0 Å². The first-order valence-electron chi connectivity index (χ1n) is 8.08. The Labute approximate surface area is 142 Å². The minimum atomic E-state index is -0.870. The van der Waals surface area contributed by atoms with Crippen molar-refractivity contribution in [3.05, 3.63) is 64.7 Å². The topological polar surface area (TPSA) is 55.4 Å². The largest absolute Gasteiger partial charge is 0.449 e. The van der Waals surface area contributed by atoms with Gasteiger partial charge in [-0.1, -0.05) is 25.1 Å². The summed E-state index contributed by atoms with van der Waals surface area (Å²) in [5, 5.41) is 2.75. The molecule has 2 aromatic carbocycles. The Kier molecular flexibility index (Phi) is 5.74. The van der Waals surface area contributed by atoms with E-state index >= 15 is 0 Å². The molecule has 126 valence electrons. The molecule has 0 spiro atoms. The molecule has 1 atom stereocenters. The van der Waals surface area contributed by atoms with Crippen molar-refractivity contribution < 1.29 is 14.3 Å². The highest BCUT2D eigenvalue weighted by Crippen LogP contribution is 2.13. The van der Waals surface area contributed by atoms with Gasteiger partial charge < -0.3 is 10.1 Å². The van der Waals surface area contributed by atoms with Gasteiger partial charge in [0.15, 0.2) is 6.10 Å². The maximum absolute atomic E-state index is 12.2. The third kappa shape index (κ3) is 4.44. The number of hydrogen-bond acceptors (Lipinski definition) is 3. The van der Waals surface area contributed by atoms with Crippen LogP contribution in [0.5, 0.6) is 0 Å². The third-order valence-electron chi connectivity index (χ3n) is 4.03. The molecule has 1 amide bonds. The van der Waals surface area contributed by atoms with Gasteiger partial charge in [-0.15, -0.1) is 0 Å². The Morgan fingerprint density at radius 1 is 1.04 bits per heavy atom. The summed E-state index contributed by atoms with van der Waals surface area (Å²) in [7, 11) is 0. The van der Waals surface area contributed by atoms with Gasteiger partial charge in [0.05, 0.1) is 5.56 Å². The van der Waals surface area contributed by atoms with E-state index in [0.29, 0.717) is 11.3 Å². The van der Waals surface area contributed by atoms with Crippen LogP contribution in [0.2, 0.25) is 0 Å². The predicted molar refractivity (Wildman–Crippen MR) is 95.2 cm³/mol. The normalized spacial score (nSPS) is 11.7. The minimum absolute atomic E-state index is 0.351. The summed E-state index contributed by atoms with van der Waals surface area (Å²) in [6, 6.07) is 12.9. The molecule has 0 aliphatic heterocycles. The van der Waals surface area contributed by atoms with Crippen LogP contribution in [0.15, 0.2) is 42.5 Å². The van der Waals surface area contributed by atoms with Crippen molar-refractivity contribution in [2.24, 2.45) is 0 Å². The molecule has 4 heteroatoms. The fourth-order valence-corrected chi connectivity index (χ4v) is 2.22. The highest BCUT2D eigenvalue weighted by atomic mass is 16.5. The highest BCUT2D eigenvalue weighted by molar-refractivity contribution is 5.97. The van der Waals surface area contributed by atoms with Crippen LogP contribution >= 0.6 is 0 Å². The number of anilines is 1. The van der Waals surface area contributed by atoms with Crippen LogP contribution in [-0.4, -0.2) is 18.0 Å². The molecular weight excluding hydrogens is 302 g/mol. The van der Waals surface area contributed by atoms with Crippen LogP contribution in [0, 0.1) is 13.8 Å². The lowest BCUT2D eigenvalue weighted by atomic mass is 10.1. The Bertz CT molecular complexity index is 735. The smallest absolute Gasteiger partial charge is 0.338 e. The molecule has 0 unspecified atom stereocenters. The number of esters is 1. The number of ether oxygens (including phenoxy) is 1. The van der Waals surface area contributed by atoms with Crippen LogP contribution in [0.3, 0.4) is 0 Å². The average Bonchev–Trinajstić information content (AvgIpc) is 2.57. The Morgan fingerprint density at radius 2 is 1.71 bits per heavy atom. The molecule has 2 rings (SSSR count). The number of rotatable bonds is 5. The zero-order valence-electron chi connectivity index (χ0n) is 14.6. The number of carbonyl (C=O) groups is 2. The quantitative estimate of drug-likeness (QED) is 0.844. The van der Waals surface area contributed by atoms with Gasteiger partial charge in [-0.2, -0.15) is 0 Å². The minimum Gasteiger partial charge on any atom is -0.449 e. The van der Waals surface area contributed by atoms with E-state index in [-0.39, 0.29) is 5.91 Å². The van der Waals surface area contributed by atoms with Gasteiger partial charge in [0.25, 0.3) is 5.91 Å². The van der Waals surface area contributed by atoms with Crippen molar-refractivity contribution in [3.63, 3.8) is 0 Å². The zero-order valence-corrected chi connectivity index (χ0v) is 14.6. The van der Waals surface area contributed by atoms with E-state index in [1.54, 1.807) is 19.1 Å². The molecule has 1 N–H and O–H groups in total. The SMILES string of the molecule is CCc1ccc(NC(=O)[C@H](C)OC(=O)c2ccc(C)c(C)c2)cc1. The standard InChI is InChI=1S/C20H23NO3/c1-5-16-7-10-18(11-8-16)21-19(22)15(4)24-20(23)17-9-6-13(2)14(3)12-17/h6-12,15H,5H2,1-4H3,(H,21,22)/t15-/m0/s1. The van der Waals surface area contributed by atoms with E-state index in [1.807, 2.05) is 44.2 Å². The fraction of sp³-hybridized carbons (Fsp3) is 0.300. The predicted octanol–water partition coefficient (Wildman–Crippen LogP) is 4.05. The average molecular weight is 325 g/mol. The van der Waals surface area contributed by atoms with Gasteiger partial charge >= 0.3 is 5.97 Å². The first-order valence-corrected chi connectivity index (χ1v) is 8.08. The van der Waals surface area contributed by atoms with Gasteiger partial charge in [0, 0.05) is 5.69 Å². The molecule has 0 saturated carbocycles. The van der Waals surface area contributed by atoms with Crippen LogP contribution in [0.4, 0.5) is 5.69 Å². The summed E-state index contributed by atoms with van der Waals surface area (Å²) in [5.41, 5.74) is 4.45. The molecule has 0 radical (unpaired) electrons. The molecule has 0 fully saturated rings. The van der Waals surface area contributed by atoms with Crippen molar-refractivity contribution in [1.82, 2.24) is 0 Å². The number of amides is 1. The molecular formula is C20H23NO3. The van der Waals surface area contributed by atoms with Crippen molar-refractivity contribution >= 4 is 17.6 Å². The molecule has 0 aromatic heterocycles. The van der Waals surface area contributed by atoms with Crippen molar-refractivity contribution in [2.75, 3.05) is 5.32 Å². The summed E-state index contributed by atoms with van der Waals surface area (Å²) < 4.78 is 5.26. The fourth-order valence-electron chi connectivity index (χ4n) is 2.22. The summed E-state index contributed by atoms with van der Waals surface area (Å²) in [6.07, 6.45) is 0.0723. The monoisotopic (exact) mass is 325 g/mol. The molecule has 0 aliphatic rings. The maximum Gasteiger partial charge on any atom is 0.338 e. The lowest BCUT2D eigenvalue weighted by Crippen LogP contribution is -2.30. The number of benzene rings is 2. The molecule has 4 nitrogen and oxygen atoms in total. The second kappa shape index (κ2) is 7.77. The second-order valence-electron chi connectivity index (χ2n) is 5.89. The number of carbonyl (C=O) groups excluding carboxylic acids is 2. The van der Waals surface area contributed by atoms with Crippen molar-refractivity contribution in [2.45, 2.75) is 40.2 Å². The molecule has 0 saturated heterocycles. The van der Waals surface area contributed by atoms with Crippen LogP contribution in [0.1, 0.15) is 40.9 Å². The van der Waals surface area contributed by atoms with Gasteiger partial charge in [0.1, 0.15) is 0 Å². The first kappa shape index (κ1) is 17.7. The van der Waals surface area contributed by atoms with E-state index in [0.717, 1.165) is 17.5 Å². The molecule has 24 heavy (non-hydrogen) atoms. The summed E-state index contributed by atoms with van der Waals surface area (Å²) >= 11 is 0. The van der Waals surface area contributed by atoms with E-state index < -0.39 is 12.1 Å². The molecule has 0 bridgehead atoms. The first-order chi connectivity index (χ1) is 11.4. The van der Waals surface area contributed by atoms with E-state index in [4.69, 9.17) is 4.74 Å². The number of nitrogens with one attached hydrogen (secondary N) is 1. The number of hydrogen-bond donors (Lipinski definition) is 1. The summed E-state index contributed by atoms with van der Waals surface area (Å²) in [5.74, 6) is -0.849. The van der Waals surface area contributed by atoms with E-state index in [2.05, 4.69) is 12.2 Å². The highest BCUT2D eigenvalue weighted by Gasteiger charge is 2.19. The Morgan fingerprint density at radius 3 is 2.29 bits per heavy atom. The Hall–Kier alpha value is -2.62. The lowest BCUT2D eigenvalue weighted by Gasteiger charge is -2.14. The van der Waals surface area contributed by atoms with Gasteiger partial charge in [-0.25, -0.2) is 4.79 Å². The maximum atomic E-state index is 12.2. The van der Waals surface area contributed by atoms with Gasteiger partial charge in [-0.05, 0) is 68.1 Å². The molecule has 2 aromatic rings. The zero-order chi connectivity index (χ0) is 17.7. The van der Waals surface area contributed by atoms with Crippen LogP contribution in [0.25, 0.3) is 0 Å². The molecule has 0 aliphatic carbocycles. The lowest BCUT2D eigenvalue weighted by molar-refractivity contribution is -0.123. The second-order valence-corrected chi connectivity index (χ2v) is 5.89. The van der Waals surface area contributed by atoms with Crippen molar-refractivity contribution in [1.29, 1.82) is 0 Å². The van der Waals surface area contributed by atoms with E-state index in [9.17, 15) is 9.59 Å². The van der Waals surface area contributed by atoms with E-state index in [1.165, 1.54) is 5.56 Å². The Balaban J connectivity index is 1.97. The molecule has 0 heterocycles.